The lowest BCUT2D eigenvalue weighted by atomic mass is 10.0. The molecular formula is C20H29N3O. The van der Waals surface area contributed by atoms with E-state index in [-0.39, 0.29) is 5.91 Å². The predicted molar refractivity (Wildman–Crippen MR) is 101 cm³/mol. The van der Waals surface area contributed by atoms with Crippen molar-refractivity contribution in [3.05, 3.63) is 40.6 Å². The molecule has 0 unspecified atom stereocenters. The van der Waals surface area contributed by atoms with Gasteiger partial charge in [-0.2, -0.15) is 0 Å². The van der Waals surface area contributed by atoms with Crippen molar-refractivity contribution in [3.63, 3.8) is 0 Å². The van der Waals surface area contributed by atoms with Crippen molar-refractivity contribution >= 4 is 16.8 Å². The van der Waals surface area contributed by atoms with Crippen molar-refractivity contribution in [2.75, 3.05) is 26.2 Å². The van der Waals surface area contributed by atoms with Crippen molar-refractivity contribution in [2.45, 2.75) is 41.0 Å². The van der Waals surface area contributed by atoms with Crippen LogP contribution < -0.4 is 5.32 Å². The maximum atomic E-state index is 12.7. The normalized spacial score (nSPS) is 11.2. The Kier molecular flexibility index (Phi) is 6.32. The maximum Gasteiger partial charge on any atom is 0.252 e. The Balaban J connectivity index is 2.15. The minimum atomic E-state index is -0.00459. The lowest BCUT2D eigenvalue weighted by molar-refractivity contribution is 0.0953. The number of carbonyl (C=O) groups is 1. The van der Waals surface area contributed by atoms with Gasteiger partial charge >= 0.3 is 0 Å². The number of hydrogen-bond donors (Lipinski definition) is 1. The van der Waals surface area contributed by atoms with Crippen LogP contribution in [-0.2, 0) is 0 Å². The van der Waals surface area contributed by atoms with Crippen LogP contribution in [0.15, 0.2) is 18.2 Å². The Morgan fingerprint density at radius 3 is 2.50 bits per heavy atom. The van der Waals surface area contributed by atoms with Crippen molar-refractivity contribution in [3.8, 4) is 0 Å². The van der Waals surface area contributed by atoms with E-state index in [2.05, 4.69) is 48.1 Å². The van der Waals surface area contributed by atoms with E-state index < -0.39 is 0 Å². The fourth-order valence-electron chi connectivity index (χ4n) is 3.14. The van der Waals surface area contributed by atoms with E-state index in [1.54, 1.807) is 0 Å². The number of nitrogens with zero attached hydrogens (tertiary/aromatic N) is 2. The summed E-state index contributed by atoms with van der Waals surface area (Å²) in [5, 5.41) is 4.01. The summed E-state index contributed by atoms with van der Waals surface area (Å²) in [6, 6.07) is 6.06. The lowest BCUT2D eigenvalue weighted by Gasteiger charge is -2.18. The number of rotatable bonds is 7. The third-order valence-corrected chi connectivity index (χ3v) is 4.45. The van der Waals surface area contributed by atoms with E-state index in [0.29, 0.717) is 6.54 Å². The average Bonchev–Trinajstić information content (AvgIpc) is 2.55. The molecule has 0 aliphatic heterocycles. The fraction of sp³-hybridized carbons (Fsp3) is 0.500. The van der Waals surface area contributed by atoms with Crippen LogP contribution >= 0.6 is 0 Å². The SMILES string of the molecule is CCN(CC)CCCNC(=O)c1cc(C)nc2c(C)cc(C)cc12. The zero-order chi connectivity index (χ0) is 17.7. The number of nitrogens with one attached hydrogen (secondary N) is 1. The van der Waals surface area contributed by atoms with Gasteiger partial charge in [-0.1, -0.05) is 25.5 Å². The molecule has 0 spiro atoms. The molecule has 1 aromatic carbocycles. The predicted octanol–water partition coefficient (Wildman–Crippen LogP) is 3.62. The molecule has 1 aromatic heterocycles. The van der Waals surface area contributed by atoms with Gasteiger partial charge in [0.05, 0.1) is 11.1 Å². The molecule has 0 saturated carbocycles. The molecule has 0 radical (unpaired) electrons. The standard InChI is InChI=1S/C20H29N3O/c1-6-23(7-2)10-8-9-21-20(24)18-13-16(5)22-19-15(4)11-14(3)12-17(18)19/h11-13H,6-10H2,1-5H3,(H,21,24). The van der Waals surface area contributed by atoms with Crippen LogP contribution in [0.25, 0.3) is 10.9 Å². The number of fused-ring (bicyclic) bond motifs is 1. The first-order chi connectivity index (χ1) is 11.5. The molecule has 0 atom stereocenters. The van der Waals surface area contributed by atoms with Crippen LogP contribution in [0.3, 0.4) is 0 Å². The second-order valence-corrected chi connectivity index (χ2v) is 6.43. The quantitative estimate of drug-likeness (QED) is 0.790. The third kappa shape index (κ3) is 4.32. The van der Waals surface area contributed by atoms with Crippen molar-refractivity contribution in [2.24, 2.45) is 0 Å². The highest BCUT2D eigenvalue weighted by Gasteiger charge is 2.13. The Labute approximate surface area is 145 Å². The molecule has 130 valence electrons. The molecule has 2 aromatic rings. The van der Waals surface area contributed by atoms with E-state index in [1.165, 1.54) is 0 Å². The topological polar surface area (TPSA) is 45.2 Å². The minimum Gasteiger partial charge on any atom is -0.352 e. The fourth-order valence-corrected chi connectivity index (χ4v) is 3.14. The van der Waals surface area contributed by atoms with E-state index in [1.807, 2.05) is 19.9 Å². The van der Waals surface area contributed by atoms with Crippen molar-refractivity contribution in [1.29, 1.82) is 0 Å². The first-order valence-electron chi connectivity index (χ1n) is 8.85. The highest BCUT2D eigenvalue weighted by Crippen LogP contribution is 2.23. The number of aromatic nitrogens is 1. The summed E-state index contributed by atoms with van der Waals surface area (Å²) in [4.78, 5) is 19.6. The highest BCUT2D eigenvalue weighted by molar-refractivity contribution is 6.07. The molecule has 0 fully saturated rings. The number of aryl methyl sites for hydroxylation is 3. The summed E-state index contributed by atoms with van der Waals surface area (Å²) in [7, 11) is 0. The Morgan fingerprint density at radius 1 is 1.12 bits per heavy atom. The molecular weight excluding hydrogens is 298 g/mol. The van der Waals surface area contributed by atoms with Gasteiger partial charge in [0.1, 0.15) is 0 Å². The zero-order valence-electron chi connectivity index (χ0n) is 15.6. The van der Waals surface area contributed by atoms with Crippen LogP contribution in [0.5, 0.6) is 0 Å². The van der Waals surface area contributed by atoms with Crippen molar-refractivity contribution < 1.29 is 4.79 Å². The summed E-state index contributed by atoms with van der Waals surface area (Å²) in [5.41, 5.74) is 4.80. The molecule has 0 saturated heterocycles. The Morgan fingerprint density at radius 2 is 1.83 bits per heavy atom. The first kappa shape index (κ1) is 18.4. The molecule has 4 nitrogen and oxygen atoms in total. The average molecular weight is 327 g/mol. The van der Waals surface area contributed by atoms with Gasteiger partial charge in [0, 0.05) is 17.6 Å². The summed E-state index contributed by atoms with van der Waals surface area (Å²) in [5.74, 6) is -0.00459. The van der Waals surface area contributed by atoms with Crippen molar-refractivity contribution in [1.82, 2.24) is 15.2 Å². The first-order valence-corrected chi connectivity index (χ1v) is 8.85. The molecule has 0 aliphatic carbocycles. The molecule has 0 bridgehead atoms. The Bertz CT molecular complexity index is 720. The Hall–Kier alpha value is -1.94. The summed E-state index contributed by atoms with van der Waals surface area (Å²) in [6.45, 7) is 14.2. The van der Waals surface area contributed by atoms with E-state index in [0.717, 1.165) is 59.3 Å². The molecule has 1 amide bonds. The van der Waals surface area contributed by atoms with Gasteiger partial charge in [0.15, 0.2) is 0 Å². The van der Waals surface area contributed by atoms with E-state index >= 15 is 0 Å². The lowest BCUT2D eigenvalue weighted by Crippen LogP contribution is -2.30. The second kappa shape index (κ2) is 8.25. The monoisotopic (exact) mass is 327 g/mol. The number of benzene rings is 1. The molecule has 1 heterocycles. The molecule has 1 N–H and O–H groups in total. The van der Waals surface area contributed by atoms with E-state index in [4.69, 9.17) is 0 Å². The van der Waals surface area contributed by atoms with Crippen LogP contribution in [0.2, 0.25) is 0 Å². The zero-order valence-corrected chi connectivity index (χ0v) is 15.6. The maximum absolute atomic E-state index is 12.7. The largest absolute Gasteiger partial charge is 0.352 e. The molecule has 24 heavy (non-hydrogen) atoms. The second-order valence-electron chi connectivity index (χ2n) is 6.43. The number of carbonyl (C=O) groups excluding carboxylic acids is 1. The van der Waals surface area contributed by atoms with Gasteiger partial charge in [-0.3, -0.25) is 9.78 Å². The molecule has 4 heteroatoms. The van der Waals surface area contributed by atoms with Crippen LogP contribution in [0.1, 0.15) is 47.4 Å². The van der Waals surface area contributed by atoms with Crippen LogP contribution in [0, 0.1) is 20.8 Å². The van der Waals surface area contributed by atoms with Gasteiger partial charge in [-0.25, -0.2) is 0 Å². The highest BCUT2D eigenvalue weighted by atomic mass is 16.1. The third-order valence-electron chi connectivity index (χ3n) is 4.45. The van der Waals surface area contributed by atoms with Gasteiger partial charge in [-0.05, 0) is 64.5 Å². The smallest absolute Gasteiger partial charge is 0.252 e. The summed E-state index contributed by atoms with van der Waals surface area (Å²) < 4.78 is 0. The number of pyridine rings is 1. The van der Waals surface area contributed by atoms with Crippen LogP contribution in [-0.4, -0.2) is 42.0 Å². The van der Waals surface area contributed by atoms with Gasteiger partial charge in [0.25, 0.3) is 5.91 Å². The van der Waals surface area contributed by atoms with E-state index in [9.17, 15) is 4.79 Å². The van der Waals surface area contributed by atoms with Gasteiger partial charge < -0.3 is 10.2 Å². The summed E-state index contributed by atoms with van der Waals surface area (Å²) in [6.07, 6.45) is 0.966. The molecule has 0 aliphatic rings. The molecule has 2 rings (SSSR count). The van der Waals surface area contributed by atoms with Gasteiger partial charge in [-0.15, -0.1) is 0 Å². The van der Waals surface area contributed by atoms with Gasteiger partial charge in [0.2, 0.25) is 0 Å². The number of amides is 1. The number of hydrogen-bond acceptors (Lipinski definition) is 3. The minimum absolute atomic E-state index is 0.00459. The van der Waals surface area contributed by atoms with Crippen LogP contribution in [0.4, 0.5) is 0 Å². The summed E-state index contributed by atoms with van der Waals surface area (Å²) >= 11 is 0.